The molecule has 2 rings (SSSR count). The van der Waals surface area contributed by atoms with E-state index in [1.807, 2.05) is 0 Å². The van der Waals surface area contributed by atoms with Crippen LogP contribution in [-0.2, 0) is 10.0 Å². The lowest BCUT2D eigenvalue weighted by molar-refractivity contribution is 0.478. The molecule has 0 fully saturated rings. The number of sulfonamides is 1. The lowest BCUT2D eigenvalue weighted by atomic mass is 10.3. The normalized spacial score (nSPS) is 11.3. The minimum atomic E-state index is -3.83. The second-order valence-corrected chi connectivity index (χ2v) is 6.22. The summed E-state index contributed by atoms with van der Waals surface area (Å²) in [6.45, 7) is 0. The smallest absolute Gasteiger partial charge is 0.262 e. The van der Waals surface area contributed by atoms with Crippen molar-refractivity contribution in [2.24, 2.45) is 0 Å². The number of rotatable bonds is 3. The van der Waals surface area contributed by atoms with Gasteiger partial charge in [-0.25, -0.2) is 8.42 Å². The van der Waals surface area contributed by atoms with Gasteiger partial charge in [-0.3, -0.25) is 4.72 Å². The van der Waals surface area contributed by atoms with Crippen LogP contribution in [0.2, 0.25) is 10.0 Å². The van der Waals surface area contributed by atoms with E-state index in [1.54, 1.807) is 6.07 Å². The van der Waals surface area contributed by atoms with Crippen LogP contribution in [0.15, 0.2) is 47.4 Å². The quantitative estimate of drug-likeness (QED) is 0.851. The molecule has 19 heavy (non-hydrogen) atoms. The van der Waals surface area contributed by atoms with Crippen LogP contribution in [0.1, 0.15) is 0 Å². The summed E-state index contributed by atoms with van der Waals surface area (Å²) in [5.41, 5.74) is 0.00692. The number of phenols is 1. The molecule has 0 saturated carbocycles. The zero-order valence-corrected chi connectivity index (χ0v) is 11.8. The molecular formula is C12H9Cl2NO3S. The predicted octanol–water partition coefficient (Wildman–Crippen LogP) is 3.50. The third kappa shape index (κ3) is 3.12. The van der Waals surface area contributed by atoms with E-state index in [2.05, 4.69) is 4.72 Å². The van der Waals surface area contributed by atoms with Crippen molar-refractivity contribution in [3.63, 3.8) is 0 Å². The largest absolute Gasteiger partial charge is 0.504 e. The van der Waals surface area contributed by atoms with Crippen molar-refractivity contribution in [1.29, 1.82) is 0 Å². The van der Waals surface area contributed by atoms with Gasteiger partial charge in [0.25, 0.3) is 10.0 Å². The van der Waals surface area contributed by atoms with Gasteiger partial charge in [-0.15, -0.1) is 0 Å². The van der Waals surface area contributed by atoms with Crippen molar-refractivity contribution in [2.45, 2.75) is 4.90 Å². The molecule has 0 saturated heterocycles. The molecule has 0 radical (unpaired) electrons. The van der Waals surface area contributed by atoms with Gasteiger partial charge in [-0.2, -0.15) is 0 Å². The fourth-order valence-corrected chi connectivity index (χ4v) is 2.98. The molecule has 0 spiro atoms. The highest BCUT2D eigenvalue weighted by atomic mass is 35.5. The Morgan fingerprint density at radius 1 is 1.05 bits per heavy atom. The minimum Gasteiger partial charge on any atom is -0.504 e. The zero-order valence-electron chi connectivity index (χ0n) is 9.47. The Bertz CT molecular complexity index is 717. The van der Waals surface area contributed by atoms with E-state index in [4.69, 9.17) is 23.2 Å². The maximum atomic E-state index is 12.1. The standard InChI is InChI=1S/C12H9Cl2NO3S/c13-8-3-1-4-9(7-8)19(17,18)15-11-6-2-5-10(14)12(11)16/h1-7,15-16H. The summed E-state index contributed by atoms with van der Waals surface area (Å²) in [5, 5.41) is 10.0. The molecule has 4 nitrogen and oxygen atoms in total. The Hall–Kier alpha value is -1.43. The van der Waals surface area contributed by atoms with Gasteiger partial charge in [0.2, 0.25) is 0 Å². The number of hydrogen-bond donors (Lipinski definition) is 2. The van der Waals surface area contributed by atoms with Crippen LogP contribution in [-0.4, -0.2) is 13.5 Å². The first-order valence-electron chi connectivity index (χ1n) is 5.16. The van der Waals surface area contributed by atoms with Crippen LogP contribution in [0.4, 0.5) is 5.69 Å². The van der Waals surface area contributed by atoms with Gasteiger partial charge in [0.15, 0.2) is 5.75 Å². The SMILES string of the molecule is O=S(=O)(Nc1cccc(Cl)c1O)c1cccc(Cl)c1. The molecule has 2 aromatic rings. The first-order valence-corrected chi connectivity index (χ1v) is 7.40. The number of para-hydroxylation sites is 1. The van der Waals surface area contributed by atoms with Crippen molar-refractivity contribution in [1.82, 2.24) is 0 Å². The molecule has 7 heteroatoms. The van der Waals surface area contributed by atoms with E-state index in [0.29, 0.717) is 5.02 Å². The molecule has 2 N–H and O–H groups in total. The maximum Gasteiger partial charge on any atom is 0.262 e. The molecule has 0 atom stereocenters. The van der Waals surface area contributed by atoms with E-state index in [1.165, 1.54) is 36.4 Å². The summed E-state index contributed by atoms with van der Waals surface area (Å²) >= 11 is 11.5. The Morgan fingerprint density at radius 3 is 2.42 bits per heavy atom. The summed E-state index contributed by atoms with van der Waals surface area (Å²) in [4.78, 5) is -0.000578. The third-order valence-electron chi connectivity index (χ3n) is 2.34. The average molecular weight is 318 g/mol. The minimum absolute atomic E-state index is 0.000578. The fourth-order valence-electron chi connectivity index (χ4n) is 1.44. The van der Waals surface area contributed by atoms with Crippen LogP contribution in [0.5, 0.6) is 5.75 Å². The molecular weight excluding hydrogens is 309 g/mol. The Balaban J connectivity index is 2.39. The molecule has 0 heterocycles. The van der Waals surface area contributed by atoms with E-state index < -0.39 is 10.0 Å². The van der Waals surface area contributed by atoms with Crippen molar-refractivity contribution < 1.29 is 13.5 Å². The van der Waals surface area contributed by atoms with Crippen LogP contribution >= 0.6 is 23.2 Å². The second-order valence-electron chi connectivity index (χ2n) is 3.70. The maximum absolute atomic E-state index is 12.1. The topological polar surface area (TPSA) is 66.4 Å². The summed E-state index contributed by atoms with van der Waals surface area (Å²) in [6.07, 6.45) is 0. The monoisotopic (exact) mass is 317 g/mol. The summed E-state index contributed by atoms with van der Waals surface area (Å²) in [5.74, 6) is -0.324. The molecule has 0 amide bonds. The Kier molecular flexibility index (Phi) is 3.89. The van der Waals surface area contributed by atoms with Gasteiger partial charge in [0, 0.05) is 5.02 Å². The Morgan fingerprint density at radius 2 is 1.74 bits per heavy atom. The molecule has 0 aliphatic carbocycles. The van der Waals surface area contributed by atoms with E-state index in [9.17, 15) is 13.5 Å². The van der Waals surface area contributed by atoms with Gasteiger partial charge < -0.3 is 5.11 Å². The molecule has 0 aromatic heterocycles. The number of nitrogens with one attached hydrogen (secondary N) is 1. The highest BCUT2D eigenvalue weighted by molar-refractivity contribution is 7.92. The number of hydrogen-bond acceptors (Lipinski definition) is 3. The lowest BCUT2D eigenvalue weighted by Gasteiger charge is -2.10. The van der Waals surface area contributed by atoms with Crippen LogP contribution in [0, 0.1) is 0 Å². The fraction of sp³-hybridized carbons (Fsp3) is 0. The first-order chi connectivity index (χ1) is 8.90. The average Bonchev–Trinajstić information content (AvgIpc) is 2.35. The number of phenolic OH excluding ortho intramolecular Hbond substituents is 1. The predicted molar refractivity (Wildman–Crippen MR) is 75.4 cm³/mol. The van der Waals surface area contributed by atoms with Crippen LogP contribution < -0.4 is 4.72 Å². The van der Waals surface area contributed by atoms with Gasteiger partial charge in [-0.1, -0.05) is 35.3 Å². The molecule has 0 aliphatic rings. The molecule has 0 unspecified atom stereocenters. The highest BCUT2D eigenvalue weighted by Gasteiger charge is 2.17. The molecule has 0 aliphatic heterocycles. The highest BCUT2D eigenvalue weighted by Crippen LogP contribution is 2.32. The van der Waals surface area contributed by atoms with Gasteiger partial charge in [0.05, 0.1) is 15.6 Å². The van der Waals surface area contributed by atoms with Gasteiger partial charge in [-0.05, 0) is 30.3 Å². The summed E-state index contributed by atoms with van der Waals surface area (Å²) < 4.78 is 26.4. The molecule has 0 bridgehead atoms. The lowest BCUT2D eigenvalue weighted by Crippen LogP contribution is -2.13. The van der Waals surface area contributed by atoms with E-state index >= 15 is 0 Å². The van der Waals surface area contributed by atoms with E-state index in [0.717, 1.165) is 0 Å². The van der Waals surface area contributed by atoms with Crippen LogP contribution in [0.3, 0.4) is 0 Å². The molecule has 2 aromatic carbocycles. The van der Waals surface area contributed by atoms with Crippen molar-refractivity contribution in [3.8, 4) is 5.75 Å². The zero-order chi connectivity index (χ0) is 14.0. The van der Waals surface area contributed by atoms with Crippen molar-refractivity contribution in [2.75, 3.05) is 4.72 Å². The van der Waals surface area contributed by atoms with E-state index in [-0.39, 0.29) is 21.4 Å². The van der Waals surface area contributed by atoms with Gasteiger partial charge in [0.1, 0.15) is 0 Å². The second kappa shape index (κ2) is 5.28. The summed E-state index contributed by atoms with van der Waals surface area (Å²) in [7, 11) is -3.83. The number of anilines is 1. The number of halogens is 2. The number of benzene rings is 2. The first kappa shape index (κ1) is 14.0. The van der Waals surface area contributed by atoms with Gasteiger partial charge >= 0.3 is 0 Å². The summed E-state index contributed by atoms with van der Waals surface area (Å²) in [6, 6.07) is 10.2. The van der Waals surface area contributed by atoms with Crippen molar-refractivity contribution in [3.05, 3.63) is 52.5 Å². The van der Waals surface area contributed by atoms with Crippen LogP contribution in [0.25, 0.3) is 0 Å². The van der Waals surface area contributed by atoms with Crippen molar-refractivity contribution >= 4 is 38.9 Å². The Labute approximate surface area is 120 Å². The third-order valence-corrected chi connectivity index (χ3v) is 4.24. The molecule has 100 valence electrons. The number of aromatic hydroxyl groups is 1.